The Bertz CT molecular complexity index is 1830. The van der Waals surface area contributed by atoms with E-state index in [0.29, 0.717) is 34.4 Å². The summed E-state index contributed by atoms with van der Waals surface area (Å²) in [6.07, 6.45) is -7.97. The SMILES string of the molecule is COC(=O)C(CCC(N)=O)NC(=O)c1ccc(NCC#Cc2sc3c(NC4CCN(CC(O)CO)CC4F)cccc3c2CC(F)(F)F)c(OCCO)c1. The normalized spacial score (nSPS) is 17.2. The first kappa shape index (κ1) is 42.1. The van der Waals surface area contributed by atoms with Gasteiger partial charge in [0.05, 0.1) is 66.4 Å². The number of rotatable bonds is 17. The van der Waals surface area contributed by atoms with Crippen molar-refractivity contribution in [1.29, 1.82) is 0 Å². The molecule has 1 aliphatic rings. The third kappa shape index (κ3) is 11.9. The topological polar surface area (TPSA) is 196 Å². The number of esters is 1. The number of nitrogens with two attached hydrogens (primary N) is 1. The zero-order valence-corrected chi connectivity index (χ0v) is 30.2. The zero-order chi connectivity index (χ0) is 39.4. The molecule has 294 valence electrons. The minimum atomic E-state index is -4.53. The van der Waals surface area contributed by atoms with Crippen molar-refractivity contribution in [2.24, 2.45) is 5.73 Å². The number of hydrogen-bond donors (Lipinski definition) is 7. The number of aliphatic hydroxyl groups excluding tert-OH is 3. The van der Waals surface area contributed by atoms with Crippen molar-refractivity contribution < 1.29 is 56.7 Å². The molecule has 54 heavy (non-hydrogen) atoms. The highest BCUT2D eigenvalue weighted by molar-refractivity contribution is 7.20. The molecule has 0 spiro atoms. The first-order chi connectivity index (χ1) is 25.7. The number of aliphatic hydroxyl groups is 3. The van der Waals surface area contributed by atoms with Crippen LogP contribution in [0.15, 0.2) is 36.4 Å². The summed E-state index contributed by atoms with van der Waals surface area (Å²) in [5, 5.41) is 37.2. The fourth-order valence-electron chi connectivity index (χ4n) is 5.88. The maximum Gasteiger partial charge on any atom is 0.393 e. The summed E-state index contributed by atoms with van der Waals surface area (Å²) in [4.78, 5) is 38.2. The molecule has 3 aromatic rings. The van der Waals surface area contributed by atoms with E-state index >= 15 is 4.39 Å². The predicted molar refractivity (Wildman–Crippen MR) is 194 cm³/mol. The smallest absolute Gasteiger partial charge is 0.393 e. The quantitative estimate of drug-likeness (QED) is 0.0605. The first-order valence-corrected chi connectivity index (χ1v) is 17.8. The van der Waals surface area contributed by atoms with E-state index < -0.39 is 61.3 Å². The minimum absolute atomic E-state index is 0.00770. The van der Waals surface area contributed by atoms with Gasteiger partial charge in [-0.05, 0) is 48.1 Å². The number of ether oxygens (including phenoxy) is 2. The molecule has 18 heteroatoms. The third-order valence-corrected chi connectivity index (χ3v) is 9.67. The molecule has 13 nitrogen and oxygen atoms in total. The van der Waals surface area contributed by atoms with Crippen molar-refractivity contribution in [3.63, 3.8) is 0 Å². The molecular weight excluding hydrogens is 738 g/mol. The monoisotopic (exact) mass is 781 g/mol. The lowest BCUT2D eigenvalue weighted by Crippen LogP contribution is -2.50. The van der Waals surface area contributed by atoms with Crippen LogP contribution in [0.5, 0.6) is 5.75 Å². The van der Waals surface area contributed by atoms with Crippen LogP contribution in [-0.2, 0) is 20.7 Å². The number of fused-ring (bicyclic) bond motifs is 1. The summed E-state index contributed by atoms with van der Waals surface area (Å²) in [5.74, 6) is 3.71. The molecule has 4 rings (SSSR count). The fourth-order valence-corrected chi connectivity index (χ4v) is 7.05. The molecular formula is C36H43F4N5O8S. The van der Waals surface area contributed by atoms with Gasteiger partial charge in [-0.15, -0.1) is 11.3 Å². The Kier molecular flexibility index (Phi) is 15.3. The highest BCUT2D eigenvalue weighted by Crippen LogP contribution is 2.39. The average Bonchev–Trinajstić information content (AvgIpc) is 3.47. The Morgan fingerprint density at radius 1 is 1.17 bits per heavy atom. The molecule has 2 aromatic carbocycles. The van der Waals surface area contributed by atoms with Crippen LogP contribution < -0.4 is 26.4 Å². The number of piperidine rings is 1. The van der Waals surface area contributed by atoms with E-state index in [1.165, 1.54) is 18.2 Å². The Morgan fingerprint density at radius 3 is 2.61 bits per heavy atom. The summed E-state index contributed by atoms with van der Waals surface area (Å²) in [5.41, 5.74) is 6.06. The van der Waals surface area contributed by atoms with Crippen LogP contribution in [0.4, 0.5) is 28.9 Å². The van der Waals surface area contributed by atoms with E-state index in [2.05, 4.69) is 27.8 Å². The van der Waals surface area contributed by atoms with E-state index in [9.17, 15) is 37.8 Å². The van der Waals surface area contributed by atoms with Gasteiger partial charge in [-0.1, -0.05) is 24.0 Å². The number of alkyl halides is 4. The van der Waals surface area contributed by atoms with Gasteiger partial charge in [0.25, 0.3) is 5.91 Å². The molecule has 8 N–H and O–H groups in total. The van der Waals surface area contributed by atoms with Crippen molar-refractivity contribution in [2.75, 3.05) is 63.7 Å². The van der Waals surface area contributed by atoms with Crippen LogP contribution in [0.25, 0.3) is 10.1 Å². The number of carbonyl (C=O) groups excluding carboxylic acids is 3. The summed E-state index contributed by atoms with van der Waals surface area (Å²) in [6.45, 7) is -0.378. The zero-order valence-electron chi connectivity index (χ0n) is 29.4. The summed E-state index contributed by atoms with van der Waals surface area (Å²) in [6, 6.07) is 7.35. The van der Waals surface area contributed by atoms with Crippen LogP contribution in [0, 0.1) is 11.8 Å². The molecule has 4 unspecified atom stereocenters. The number of β-amino-alcohol motifs (C(OH)–C–C–N with tert-alkyl or cyclic N) is 1. The van der Waals surface area contributed by atoms with E-state index in [0.717, 1.165) is 18.4 Å². The van der Waals surface area contributed by atoms with Crippen LogP contribution in [0.2, 0.25) is 0 Å². The molecule has 0 bridgehead atoms. The molecule has 2 amide bonds. The van der Waals surface area contributed by atoms with Gasteiger partial charge in [0.15, 0.2) is 0 Å². The molecule has 1 aliphatic heterocycles. The van der Waals surface area contributed by atoms with Gasteiger partial charge < -0.3 is 46.5 Å². The second-order valence-corrected chi connectivity index (χ2v) is 13.5. The highest BCUT2D eigenvalue weighted by Gasteiger charge is 2.33. The number of nitrogens with one attached hydrogen (secondary N) is 3. The van der Waals surface area contributed by atoms with Crippen LogP contribution in [-0.4, -0.2) is 122 Å². The number of benzene rings is 2. The van der Waals surface area contributed by atoms with E-state index in [1.807, 2.05) is 0 Å². The second-order valence-electron chi connectivity index (χ2n) is 12.5. The van der Waals surface area contributed by atoms with Gasteiger partial charge in [-0.3, -0.25) is 14.5 Å². The number of methoxy groups -OCH3 is 1. The van der Waals surface area contributed by atoms with Gasteiger partial charge in [0.1, 0.15) is 24.6 Å². The van der Waals surface area contributed by atoms with Crippen molar-refractivity contribution in [2.45, 2.75) is 56.2 Å². The molecule has 1 saturated heterocycles. The number of halogens is 4. The van der Waals surface area contributed by atoms with Crippen LogP contribution in [0.1, 0.15) is 40.1 Å². The first-order valence-electron chi connectivity index (χ1n) is 17.0. The maximum absolute atomic E-state index is 15.2. The number of amides is 2. The minimum Gasteiger partial charge on any atom is -0.489 e. The summed E-state index contributed by atoms with van der Waals surface area (Å²) < 4.78 is 67.4. The van der Waals surface area contributed by atoms with Gasteiger partial charge in [0.2, 0.25) is 5.91 Å². The maximum atomic E-state index is 15.2. The van der Waals surface area contributed by atoms with Crippen molar-refractivity contribution >= 4 is 50.6 Å². The van der Waals surface area contributed by atoms with Gasteiger partial charge >= 0.3 is 12.1 Å². The number of primary amides is 1. The molecule has 0 radical (unpaired) electrons. The number of thiophene rings is 1. The lowest BCUT2D eigenvalue weighted by Gasteiger charge is -2.36. The number of hydrogen-bond acceptors (Lipinski definition) is 12. The van der Waals surface area contributed by atoms with Crippen LogP contribution >= 0.6 is 11.3 Å². The fraction of sp³-hybridized carbons (Fsp3) is 0.472. The lowest BCUT2D eigenvalue weighted by atomic mass is 10.0. The van der Waals surface area contributed by atoms with Gasteiger partial charge in [-0.2, -0.15) is 13.2 Å². The van der Waals surface area contributed by atoms with Crippen molar-refractivity contribution in [3.8, 4) is 17.6 Å². The highest BCUT2D eigenvalue weighted by atomic mass is 32.1. The average molecular weight is 782 g/mol. The second kappa shape index (κ2) is 19.6. The Hall–Kier alpha value is -4.67. The van der Waals surface area contributed by atoms with Crippen LogP contribution in [0.3, 0.4) is 0 Å². The Labute approximate surface area is 312 Å². The predicted octanol–water partition coefficient (Wildman–Crippen LogP) is 2.56. The van der Waals surface area contributed by atoms with E-state index in [4.69, 9.17) is 20.3 Å². The standard InChI is InChI=1S/C36H43F4N5O8S/c1-52-35(51)29(9-10-32(41)49)44-34(50)21-7-8-27(30(16-21)53-15-14-46)42-12-3-6-31-24(17-36(38,39)40)23-4-2-5-28(33(23)54-31)43-26-11-13-45(19-25(26)37)18-22(48)20-47/h2,4-5,7-8,16,22,25-26,29,42-43,46-48H,9-15,17-20H2,1H3,(H2,41,49)(H,44,50). The van der Waals surface area contributed by atoms with E-state index in [-0.39, 0.29) is 67.4 Å². The molecule has 4 atom stereocenters. The summed E-state index contributed by atoms with van der Waals surface area (Å²) in [7, 11) is 1.13. The molecule has 0 aliphatic carbocycles. The van der Waals surface area contributed by atoms with Gasteiger partial charge in [0, 0.05) is 31.6 Å². The molecule has 0 saturated carbocycles. The number of nitrogens with zero attached hydrogens (tertiary/aromatic N) is 1. The van der Waals surface area contributed by atoms with Crippen molar-refractivity contribution in [1.82, 2.24) is 10.2 Å². The molecule has 1 fully saturated rings. The van der Waals surface area contributed by atoms with E-state index in [1.54, 1.807) is 23.1 Å². The van der Waals surface area contributed by atoms with Crippen molar-refractivity contribution in [3.05, 3.63) is 52.4 Å². The number of carbonyl (C=O) groups is 3. The van der Waals surface area contributed by atoms with Gasteiger partial charge in [-0.25, -0.2) is 9.18 Å². The molecule has 1 aromatic heterocycles. The largest absolute Gasteiger partial charge is 0.489 e. The molecule has 2 heterocycles. The number of anilines is 2. The lowest BCUT2D eigenvalue weighted by molar-refractivity contribution is -0.143. The number of likely N-dealkylation sites (tertiary alicyclic amines) is 1. The Morgan fingerprint density at radius 2 is 1.94 bits per heavy atom. The summed E-state index contributed by atoms with van der Waals surface area (Å²) >= 11 is 1.06. The Balaban J connectivity index is 1.53. The third-order valence-electron chi connectivity index (χ3n) is 8.47.